The summed E-state index contributed by atoms with van der Waals surface area (Å²) in [6.45, 7) is 1.55. The second kappa shape index (κ2) is 19.9. The van der Waals surface area contributed by atoms with Crippen LogP contribution >= 0.6 is 18.6 Å². The maximum Gasteiger partial charge on any atom is 0.325 e. The van der Waals surface area contributed by atoms with E-state index in [4.69, 9.17) is 10.5 Å². The average molecular weight is 719 g/mol. The lowest BCUT2D eigenvalue weighted by molar-refractivity contribution is -0.145. The molecule has 12 heteroatoms. The van der Waals surface area contributed by atoms with E-state index in [0.717, 1.165) is 17.5 Å². The second-order valence-corrected chi connectivity index (χ2v) is 14.5. The van der Waals surface area contributed by atoms with Crippen molar-refractivity contribution in [3.8, 4) is 0 Å². The predicted molar refractivity (Wildman–Crippen MR) is 181 cm³/mol. The maximum absolute atomic E-state index is 13.0. The molecule has 45 heavy (non-hydrogen) atoms. The van der Waals surface area contributed by atoms with Crippen molar-refractivity contribution in [2.75, 3.05) is 32.2 Å². The summed E-state index contributed by atoms with van der Waals surface area (Å²) in [5.41, 5.74) is 5.83. The zero-order chi connectivity index (χ0) is 31.8. The maximum atomic E-state index is 13.0. The number of carbonyl (C=O) groups is 4. The van der Waals surface area contributed by atoms with Crippen molar-refractivity contribution in [2.45, 2.75) is 31.8 Å². The van der Waals surface area contributed by atoms with Crippen molar-refractivity contribution in [3.05, 3.63) is 91.0 Å². The summed E-state index contributed by atoms with van der Waals surface area (Å²) in [6.07, 6.45) is 0.737. The minimum Gasteiger partial charge on any atom is -1.00 e. The number of ether oxygens (including phenoxy) is 2. The van der Waals surface area contributed by atoms with Gasteiger partial charge in [0.25, 0.3) is 0 Å². The molecule has 2 amide bonds. The molecule has 9 nitrogen and oxygen atoms in total. The first-order valence-corrected chi connectivity index (χ1v) is 17.5. The van der Waals surface area contributed by atoms with E-state index in [2.05, 4.69) is 93.5 Å². The van der Waals surface area contributed by atoms with E-state index in [1.165, 1.54) is 23.0 Å². The Kier molecular flexibility index (Phi) is 16.7. The minimum absolute atomic E-state index is 0. The standard InChI is InChI=1S/C33H40N3O6PS.BrH/c1-3-42-33(40)28(34)19-20-30(37)36-29(32(39)35-23-31(38)41-2)24-44-22-21-43(25-13-7-4-8-14-25,26-15-9-5-10-16-26)27-17-11-6-12-18-27;/h4-18,22,28-29,44H,3,19-21,23-24,34H2,1-2H3,(H-,35,36,37,39);1H. The Morgan fingerprint density at radius 1 is 0.889 bits per heavy atom. The lowest BCUT2D eigenvalue weighted by atomic mass is 10.1. The smallest absolute Gasteiger partial charge is 0.325 e. The van der Waals surface area contributed by atoms with Gasteiger partial charge in [-0.05, 0) is 55.1 Å². The van der Waals surface area contributed by atoms with E-state index in [-0.39, 0.29) is 48.7 Å². The third-order valence-corrected chi connectivity index (χ3v) is 12.5. The molecule has 0 fully saturated rings. The molecule has 0 aliphatic heterocycles. The minimum atomic E-state index is -2.10. The Morgan fingerprint density at radius 2 is 1.40 bits per heavy atom. The van der Waals surface area contributed by atoms with Crippen molar-refractivity contribution in [3.63, 3.8) is 0 Å². The molecule has 0 saturated carbocycles. The zero-order valence-corrected chi connectivity index (χ0v) is 28.8. The van der Waals surface area contributed by atoms with Crippen molar-refractivity contribution in [1.82, 2.24) is 10.6 Å². The van der Waals surface area contributed by atoms with Gasteiger partial charge in [0.1, 0.15) is 41.8 Å². The van der Waals surface area contributed by atoms with Crippen molar-refractivity contribution >= 4 is 63.6 Å². The number of hydrogen-bond acceptors (Lipinski definition) is 7. The highest BCUT2D eigenvalue weighted by atomic mass is 79.9. The third-order valence-electron chi connectivity index (χ3n) is 6.92. The number of carbonyl (C=O) groups excluding carboxylic acids is 4. The van der Waals surface area contributed by atoms with Crippen LogP contribution in [0.3, 0.4) is 0 Å². The highest BCUT2D eigenvalue weighted by Crippen LogP contribution is 2.54. The van der Waals surface area contributed by atoms with Gasteiger partial charge in [-0.15, -0.1) is 0 Å². The molecule has 0 aliphatic rings. The highest BCUT2D eigenvalue weighted by molar-refractivity contribution is 8.01. The van der Waals surface area contributed by atoms with Gasteiger partial charge in [-0.25, -0.2) is 0 Å². The summed E-state index contributed by atoms with van der Waals surface area (Å²) < 4.78 is 9.53. The molecule has 2 unspecified atom stereocenters. The lowest BCUT2D eigenvalue weighted by Gasteiger charge is -2.26. The quantitative estimate of drug-likeness (QED) is 0.0626. The molecule has 0 saturated heterocycles. The van der Waals surface area contributed by atoms with Gasteiger partial charge in [0, 0.05) is 12.2 Å². The first-order chi connectivity index (χ1) is 21.3. The number of hydrogen-bond donors (Lipinski definition) is 4. The Morgan fingerprint density at radius 3 is 1.87 bits per heavy atom. The molecule has 3 rings (SSSR count). The molecule has 2 atom stereocenters. The van der Waals surface area contributed by atoms with Crippen LogP contribution < -0.4 is 49.3 Å². The molecule has 4 N–H and O–H groups in total. The van der Waals surface area contributed by atoms with Crippen molar-refractivity contribution in [1.29, 1.82) is 0 Å². The molecule has 0 bridgehead atoms. The molecule has 0 heterocycles. The topological polar surface area (TPSA) is 137 Å². The summed E-state index contributed by atoms with van der Waals surface area (Å²) in [5, 5.41) is 11.2. The van der Waals surface area contributed by atoms with Crippen LogP contribution in [0.5, 0.6) is 0 Å². The summed E-state index contributed by atoms with van der Waals surface area (Å²) in [6, 6.07) is 29.5. The number of nitrogens with one attached hydrogen (secondary N) is 2. The van der Waals surface area contributed by atoms with Gasteiger partial charge < -0.3 is 42.8 Å². The van der Waals surface area contributed by atoms with Crippen LogP contribution in [0, 0.1) is 0 Å². The van der Waals surface area contributed by atoms with E-state index in [9.17, 15) is 19.2 Å². The van der Waals surface area contributed by atoms with Crippen molar-refractivity contribution < 1.29 is 45.6 Å². The molecule has 3 aromatic carbocycles. The SMILES string of the molecule is CCOC(=O)C(N)CCC(=O)NC(C[SH]=CC[P+](c1ccccc1)(c1ccccc1)c1ccccc1)C(=O)NCC(=O)OC.[Br-]. The predicted octanol–water partition coefficient (Wildman–Crippen LogP) is -1.30. The van der Waals surface area contributed by atoms with E-state index >= 15 is 0 Å². The van der Waals surface area contributed by atoms with Crippen LogP contribution in [0.15, 0.2) is 91.0 Å². The molecular weight excluding hydrogens is 677 g/mol. The Hall–Kier alpha value is -3.37. The van der Waals surface area contributed by atoms with Gasteiger partial charge in [0.2, 0.25) is 11.8 Å². The van der Waals surface area contributed by atoms with Gasteiger partial charge in [0.15, 0.2) is 0 Å². The van der Waals surface area contributed by atoms with Crippen LogP contribution in [-0.4, -0.2) is 73.4 Å². The second-order valence-electron chi connectivity index (χ2n) is 9.86. The van der Waals surface area contributed by atoms with Gasteiger partial charge >= 0.3 is 11.9 Å². The summed E-state index contributed by atoms with van der Waals surface area (Å²) >= 11 is 0.824. The third kappa shape index (κ3) is 11.2. The average Bonchev–Trinajstić information content (AvgIpc) is 3.06. The van der Waals surface area contributed by atoms with E-state index in [1.807, 2.05) is 18.2 Å². The van der Waals surface area contributed by atoms with Gasteiger partial charge in [-0.2, -0.15) is 11.4 Å². The van der Waals surface area contributed by atoms with Crippen LogP contribution in [0.1, 0.15) is 19.8 Å². The summed E-state index contributed by atoms with van der Waals surface area (Å²) in [4.78, 5) is 49.3. The Labute approximate surface area is 279 Å². The van der Waals surface area contributed by atoms with Gasteiger partial charge in [-0.3, -0.25) is 19.2 Å². The summed E-state index contributed by atoms with van der Waals surface area (Å²) in [7, 11) is -0.869. The van der Waals surface area contributed by atoms with Crippen LogP contribution in [0.25, 0.3) is 0 Å². The monoisotopic (exact) mass is 717 g/mol. The number of methoxy groups -OCH3 is 1. The number of esters is 2. The van der Waals surface area contributed by atoms with Gasteiger partial charge in [-0.1, -0.05) is 54.6 Å². The lowest BCUT2D eigenvalue weighted by Crippen LogP contribution is -3.00. The molecule has 0 spiro atoms. The highest BCUT2D eigenvalue weighted by Gasteiger charge is 2.44. The molecule has 0 aliphatic carbocycles. The first kappa shape index (κ1) is 37.8. The van der Waals surface area contributed by atoms with Crippen molar-refractivity contribution in [2.24, 2.45) is 5.73 Å². The largest absolute Gasteiger partial charge is 1.00 e. The zero-order valence-electron chi connectivity index (χ0n) is 25.4. The molecule has 0 radical (unpaired) electrons. The Balaban J connectivity index is 0.00000705. The van der Waals surface area contributed by atoms with E-state index in [0.29, 0.717) is 0 Å². The normalized spacial score (nSPS) is 12.5. The van der Waals surface area contributed by atoms with E-state index in [1.54, 1.807) is 6.92 Å². The Bertz CT molecular complexity index is 1300. The number of nitrogens with two attached hydrogens (primary N) is 1. The molecule has 3 aromatic rings. The molecule has 0 aromatic heterocycles. The number of halogens is 1. The summed E-state index contributed by atoms with van der Waals surface area (Å²) in [5.74, 6) is -1.84. The van der Waals surface area contributed by atoms with Crippen LogP contribution in [0.4, 0.5) is 0 Å². The molecule has 242 valence electrons. The molecular formula is C33H41BrN3O6PS. The number of amides is 2. The number of thiol groups is 1. The van der Waals surface area contributed by atoms with Crippen LogP contribution in [-0.2, 0) is 28.7 Å². The fourth-order valence-corrected chi connectivity index (χ4v) is 10.3. The van der Waals surface area contributed by atoms with Gasteiger partial charge in [0.05, 0.1) is 19.9 Å². The number of rotatable bonds is 16. The van der Waals surface area contributed by atoms with E-state index < -0.39 is 43.1 Å². The van der Waals surface area contributed by atoms with Crippen LogP contribution in [0.2, 0.25) is 0 Å². The first-order valence-electron chi connectivity index (χ1n) is 14.4. The fraction of sp³-hybridized carbons (Fsp3) is 0.303. The number of benzene rings is 3. The fourth-order valence-electron chi connectivity index (χ4n) is 4.64.